The zero-order valence-electron chi connectivity index (χ0n) is 11.4. The molecule has 1 amide bonds. The molecule has 0 aliphatic rings. The SMILES string of the molecule is COC(=O)c1coc(CC(NC=O)OC(C)(C)C)n1. The lowest BCUT2D eigenvalue weighted by Gasteiger charge is -2.26. The maximum atomic E-state index is 11.2. The van der Waals surface area contributed by atoms with E-state index in [9.17, 15) is 9.59 Å². The van der Waals surface area contributed by atoms with Crippen LogP contribution in [0.15, 0.2) is 10.7 Å². The van der Waals surface area contributed by atoms with Crippen LogP contribution in [0, 0.1) is 0 Å². The van der Waals surface area contributed by atoms with E-state index in [4.69, 9.17) is 9.15 Å². The summed E-state index contributed by atoms with van der Waals surface area (Å²) in [5.74, 6) is -0.296. The molecule has 0 fully saturated rings. The van der Waals surface area contributed by atoms with Crippen LogP contribution < -0.4 is 5.32 Å². The molecule has 1 aromatic heterocycles. The Labute approximate surface area is 111 Å². The van der Waals surface area contributed by atoms with E-state index in [1.165, 1.54) is 13.4 Å². The van der Waals surface area contributed by atoms with E-state index < -0.39 is 17.8 Å². The van der Waals surface area contributed by atoms with Crippen molar-refractivity contribution in [3.8, 4) is 0 Å². The van der Waals surface area contributed by atoms with Crippen molar-refractivity contribution in [3.63, 3.8) is 0 Å². The molecule has 0 spiro atoms. The van der Waals surface area contributed by atoms with Gasteiger partial charge in [0.1, 0.15) is 12.5 Å². The summed E-state index contributed by atoms with van der Waals surface area (Å²) in [4.78, 5) is 25.7. The van der Waals surface area contributed by atoms with Crippen molar-refractivity contribution >= 4 is 12.4 Å². The largest absolute Gasteiger partial charge is 0.464 e. The summed E-state index contributed by atoms with van der Waals surface area (Å²) >= 11 is 0. The molecule has 0 saturated heterocycles. The molecule has 0 bridgehead atoms. The quantitative estimate of drug-likeness (QED) is 0.469. The van der Waals surface area contributed by atoms with Gasteiger partial charge < -0.3 is 19.2 Å². The molecule has 19 heavy (non-hydrogen) atoms. The standard InChI is InChI=1S/C12H18N2O5/c1-12(2,3)19-9(13-7-15)5-10-14-8(6-18-10)11(16)17-4/h6-7,9H,5H2,1-4H3,(H,13,15). The maximum absolute atomic E-state index is 11.2. The first-order chi connectivity index (χ1) is 8.85. The monoisotopic (exact) mass is 270 g/mol. The predicted octanol–water partition coefficient (Wildman–Crippen LogP) is 0.891. The first kappa shape index (κ1) is 15.2. The van der Waals surface area contributed by atoms with Crippen LogP contribution in [0.2, 0.25) is 0 Å². The highest BCUT2D eigenvalue weighted by Crippen LogP contribution is 2.13. The molecular formula is C12H18N2O5. The Morgan fingerprint density at radius 2 is 2.26 bits per heavy atom. The van der Waals surface area contributed by atoms with Crippen LogP contribution in [0.4, 0.5) is 0 Å². The topological polar surface area (TPSA) is 90.7 Å². The van der Waals surface area contributed by atoms with Crippen molar-refractivity contribution in [2.45, 2.75) is 39.0 Å². The van der Waals surface area contributed by atoms with Crippen molar-refractivity contribution in [3.05, 3.63) is 17.8 Å². The summed E-state index contributed by atoms with van der Waals surface area (Å²) in [5, 5.41) is 2.52. The van der Waals surface area contributed by atoms with Gasteiger partial charge in [-0.25, -0.2) is 9.78 Å². The van der Waals surface area contributed by atoms with Gasteiger partial charge in [-0.3, -0.25) is 4.79 Å². The van der Waals surface area contributed by atoms with Crippen molar-refractivity contribution in [2.75, 3.05) is 7.11 Å². The Morgan fingerprint density at radius 1 is 1.58 bits per heavy atom. The van der Waals surface area contributed by atoms with Crippen molar-refractivity contribution in [2.24, 2.45) is 0 Å². The van der Waals surface area contributed by atoms with E-state index in [1.54, 1.807) is 0 Å². The molecule has 7 heteroatoms. The molecule has 1 N–H and O–H groups in total. The van der Waals surface area contributed by atoms with Gasteiger partial charge in [-0.05, 0) is 20.8 Å². The number of aromatic nitrogens is 1. The minimum Gasteiger partial charge on any atom is -0.464 e. The number of hydrogen-bond donors (Lipinski definition) is 1. The van der Waals surface area contributed by atoms with E-state index in [0.29, 0.717) is 6.41 Å². The summed E-state index contributed by atoms with van der Waals surface area (Å²) in [6.45, 7) is 5.59. The highest BCUT2D eigenvalue weighted by molar-refractivity contribution is 5.86. The molecule has 1 unspecified atom stereocenters. The first-order valence-electron chi connectivity index (χ1n) is 5.76. The molecule has 1 heterocycles. The number of rotatable bonds is 6. The average Bonchev–Trinajstić information content (AvgIpc) is 2.74. The van der Waals surface area contributed by atoms with Crippen molar-refractivity contribution < 1.29 is 23.5 Å². The zero-order valence-corrected chi connectivity index (χ0v) is 11.4. The third-order valence-electron chi connectivity index (χ3n) is 2.06. The van der Waals surface area contributed by atoms with Gasteiger partial charge in [0.25, 0.3) is 0 Å². The van der Waals surface area contributed by atoms with E-state index in [1.807, 2.05) is 20.8 Å². The average molecular weight is 270 g/mol. The Kier molecular flexibility index (Phi) is 5.05. The summed E-state index contributed by atoms with van der Waals surface area (Å²) in [7, 11) is 1.26. The highest BCUT2D eigenvalue weighted by atomic mass is 16.5. The molecule has 106 valence electrons. The van der Waals surface area contributed by atoms with Gasteiger partial charge in [0.15, 0.2) is 11.6 Å². The van der Waals surface area contributed by atoms with Crippen molar-refractivity contribution in [1.29, 1.82) is 0 Å². The van der Waals surface area contributed by atoms with Gasteiger partial charge in [-0.2, -0.15) is 0 Å². The number of ether oxygens (including phenoxy) is 2. The van der Waals surface area contributed by atoms with Crippen LogP contribution in [0.1, 0.15) is 37.2 Å². The maximum Gasteiger partial charge on any atom is 0.360 e. The molecule has 1 atom stereocenters. The molecule has 0 aromatic carbocycles. The van der Waals surface area contributed by atoms with Crippen LogP contribution >= 0.6 is 0 Å². The third kappa shape index (κ3) is 5.09. The number of amides is 1. The number of nitrogens with one attached hydrogen (secondary N) is 1. The minimum absolute atomic E-state index is 0.0816. The number of esters is 1. The number of nitrogens with zero attached hydrogens (tertiary/aromatic N) is 1. The molecular weight excluding hydrogens is 252 g/mol. The molecule has 7 nitrogen and oxygen atoms in total. The Balaban J connectivity index is 2.71. The fraction of sp³-hybridized carbons (Fsp3) is 0.583. The summed E-state index contributed by atoms with van der Waals surface area (Å²) in [6, 6.07) is 0. The Hall–Kier alpha value is -1.89. The fourth-order valence-electron chi connectivity index (χ4n) is 1.40. The number of hydrogen-bond acceptors (Lipinski definition) is 6. The van der Waals surface area contributed by atoms with Crippen LogP contribution in [0.3, 0.4) is 0 Å². The van der Waals surface area contributed by atoms with Gasteiger partial charge in [0, 0.05) is 0 Å². The van der Waals surface area contributed by atoms with E-state index >= 15 is 0 Å². The van der Waals surface area contributed by atoms with Crippen LogP contribution in [-0.4, -0.2) is 36.3 Å². The second-order valence-electron chi connectivity index (χ2n) is 4.83. The predicted molar refractivity (Wildman–Crippen MR) is 65.4 cm³/mol. The lowest BCUT2D eigenvalue weighted by atomic mass is 10.2. The van der Waals surface area contributed by atoms with Crippen LogP contribution in [0.5, 0.6) is 0 Å². The van der Waals surface area contributed by atoms with E-state index in [0.717, 1.165) is 0 Å². The first-order valence-corrected chi connectivity index (χ1v) is 5.76. The van der Waals surface area contributed by atoms with Crippen molar-refractivity contribution in [1.82, 2.24) is 10.3 Å². The highest BCUT2D eigenvalue weighted by Gasteiger charge is 2.21. The van der Waals surface area contributed by atoms with Gasteiger partial charge in [0.05, 0.1) is 19.1 Å². The summed E-state index contributed by atoms with van der Waals surface area (Å²) < 4.78 is 15.3. The molecule has 1 aromatic rings. The number of oxazole rings is 1. The lowest BCUT2D eigenvalue weighted by molar-refractivity contribution is -0.119. The molecule has 0 aliphatic carbocycles. The normalized spacial score (nSPS) is 12.8. The number of methoxy groups -OCH3 is 1. The third-order valence-corrected chi connectivity index (χ3v) is 2.06. The molecule has 0 aliphatic heterocycles. The van der Waals surface area contributed by atoms with Gasteiger partial charge in [-0.1, -0.05) is 0 Å². The fourth-order valence-corrected chi connectivity index (χ4v) is 1.40. The second-order valence-corrected chi connectivity index (χ2v) is 4.83. The van der Waals surface area contributed by atoms with E-state index in [2.05, 4.69) is 15.0 Å². The molecule has 0 saturated carbocycles. The van der Waals surface area contributed by atoms with Gasteiger partial charge in [-0.15, -0.1) is 0 Å². The number of carbonyl (C=O) groups excluding carboxylic acids is 2. The Morgan fingerprint density at radius 3 is 2.79 bits per heavy atom. The van der Waals surface area contributed by atoms with Gasteiger partial charge >= 0.3 is 5.97 Å². The zero-order chi connectivity index (χ0) is 14.5. The Bertz CT molecular complexity index is 436. The summed E-state index contributed by atoms with van der Waals surface area (Å²) in [6.07, 6.45) is 1.38. The van der Waals surface area contributed by atoms with Crippen LogP contribution in [-0.2, 0) is 20.7 Å². The van der Waals surface area contributed by atoms with E-state index in [-0.39, 0.29) is 18.0 Å². The van der Waals surface area contributed by atoms with Crippen LogP contribution in [0.25, 0.3) is 0 Å². The lowest BCUT2D eigenvalue weighted by Crippen LogP contribution is -2.39. The number of carbonyl (C=O) groups is 2. The summed E-state index contributed by atoms with van der Waals surface area (Å²) in [5.41, 5.74) is -0.351. The molecule has 0 radical (unpaired) electrons. The smallest absolute Gasteiger partial charge is 0.360 e. The van der Waals surface area contributed by atoms with Gasteiger partial charge in [0.2, 0.25) is 6.41 Å². The molecule has 1 rings (SSSR count). The minimum atomic E-state index is -0.582. The second kappa shape index (κ2) is 6.33.